The molecule has 2 aromatic carbocycles. The van der Waals surface area contributed by atoms with Gasteiger partial charge in [0, 0.05) is 12.7 Å². The van der Waals surface area contributed by atoms with Crippen LogP contribution in [0.5, 0.6) is 0 Å². The number of sulfonamides is 1. The van der Waals surface area contributed by atoms with E-state index in [0.29, 0.717) is 12.1 Å². The lowest BCUT2D eigenvalue weighted by Gasteiger charge is -2.17. The minimum absolute atomic E-state index is 0.140. The summed E-state index contributed by atoms with van der Waals surface area (Å²) in [5.41, 5.74) is 1.39. The molecule has 0 spiro atoms. The molecular formula is C17H17N3O3S. The van der Waals surface area contributed by atoms with Crippen molar-refractivity contribution in [3.63, 3.8) is 0 Å². The van der Waals surface area contributed by atoms with Crippen LogP contribution in [0, 0.1) is 11.3 Å². The maximum Gasteiger partial charge on any atom is 0.243 e. The highest BCUT2D eigenvalue weighted by atomic mass is 32.2. The molecule has 24 heavy (non-hydrogen) atoms. The van der Waals surface area contributed by atoms with Gasteiger partial charge in [0.1, 0.15) is 0 Å². The molecular weight excluding hydrogens is 326 g/mol. The predicted octanol–water partition coefficient (Wildman–Crippen LogP) is 2.01. The van der Waals surface area contributed by atoms with Crippen molar-refractivity contribution in [3.8, 4) is 6.07 Å². The third kappa shape index (κ3) is 4.41. The number of rotatable bonds is 6. The summed E-state index contributed by atoms with van der Waals surface area (Å²) in [6, 6.07) is 16.8. The molecule has 0 saturated carbocycles. The van der Waals surface area contributed by atoms with Crippen LogP contribution < -0.4 is 5.32 Å². The third-order valence-electron chi connectivity index (χ3n) is 3.34. The van der Waals surface area contributed by atoms with Gasteiger partial charge in [-0.3, -0.25) is 4.79 Å². The number of hydrogen-bond acceptors (Lipinski definition) is 4. The number of hydrogen-bond donors (Lipinski definition) is 1. The highest BCUT2D eigenvalue weighted by molar-refractivity contribution is 7.89. The molecule has 0 atom stereocenters. The van der Waals surface area contributed by atoms with Crippen LogP contribution in [0.4, 0.5) is 5.69 Å². The maximum absolute atomic E-state index is 12.4. The Hall–Kier alpha value is -2.69. The van der Waals surface area contributed by atoms with E-state index < -0.39 is 15.9 Å². The summed E-state index contributed by atoms with van der Waals surface area (Å²) < 4.78 is 25.7. The zero-order valence-electron chi connectivity index (χ0n) is 13.1. The Kier molecular flexibility index (Phi) is 5.68. The molecule has 7 heteroatoms. The molecule has 0 aliphatic rings. The van der Waals surface area contributed by atoms with Gasteiger partial charge in [0.2, 0.25) is 15.9 Å². The van der Waals surface area contributed by atoms with Gasteiger partial charge in [-0.05, 0) is 29.8 Å². The van der Waals surface area contributed by atoms with E-state index in [1.165, 1.54) is 19.2 Å². The number of benzene rings is 2. The van der Waals surface area contributed by atoms with Crippen LogP contribution >= 0.6 is 0 Å². The number of carbonyl (C=O) groups excluding carboxylic acids is 1. The Morgan fingerprint density at radius 1 is 1.12 bits per heavy atom. The maximum atomic E-state index is 12.4. The molecule has 2 aromatic rings. The van der Waals surface area contributed by atoms with Gasteiger partial charge in [-0.2, -0.15) is 9.57 Å². The molecule has 0 aliphatic heterocycles. The smallest absolute Gasteiger partial charge is 0.243 e. The Labute approximate surface area is 141 Å². The summed E-state index contributed by atoms with van der Waals surface area (Å²) in [5.74, 6) is -0.440. The van der Waals surface area contributed by atoms with Crippen molar-refractivity contribution in [3.05, 3.63) is 60.2 Å². The van der Waals surface area contributed by atoms with Crippen molar-refractivity contribution in [1.29, 1.82) is 5.26 Å². The third-order valence-corrected chi connectivity index (χ3v) is 5.16. The number of likely N-dealkylation sites (N-methyl/N-ethyl adjacent to an activating group) is 1. The van der Waals surface area contributed by atoms with Crippen molar-refractivity contribution in [2.45, 2.75) is 11.3 Å². The number of carbonyl (C=O) groups is 1. The van der Waals surface area contributed by atoms with Gasteiger partial charge in [0.15, 0.2) is 0 Å². The molecule has 124 valence electrons. The number of anilines is 1. The average Bonchev–Trinajstić information content (AvgIpc) is 2.57. The molecule has 0 unspecified atom stereocenters. The first-order valence-corrected chi connectivity index (χ1v) is 8.64. The predicted molar refractivity (Wildman–Crippen MR) is 90.6 cm³/mol. The van der Waals surface area contributed by atoms with Crippen LogP contribution in [-0.2, 0) is 21.2 Å². The largest absolute Gasteiger partial charge is 0.325 e. The van der Waals surface area contributed by atoms with Crippen LogP contribution in [0.15, 0.2) is 59.5 Å². The first-order chi connectivity index (χ1) is 11.4. The first kappa shape index (κ1) is 17.7. The SMILES string of the molecule is CN(CC(=O)Nc1ccc(CC#N)cc1)S(=O)(=O)c1ccccc1. The van der Waals surface area contributed by atoms with Crippen molar-refractivity contribution in [2.75, 3.05) is 18.9 Å². The molecule has 1 N–H and O–H groups in total. The van der Waals surface area contributed by atoms with Gasteiger partial charge in [-0.25, -0.2) is 8.42 Å². The molecule has 0 radical (unpaired) electrons. The fraction of sp³-hybridized carbons (Fsp3) is 0.176. The zero-order valence-corrected chi connectivity index (χ0v) is 14.0. The topological polar surface area (TPSA) is 90.3 Å². The van der Waals surface area contributed by atoms with Crippen molar-refractivity contribution >= 4 is 21.6 Å². The highest BCUT2D eigenvalue weighted by Gasteiger charge is 2.22. The fourth-order valence-electron chi connectivity index (χ4n) is 2.06. The first-order valence-electron chi connectivity index (χ1n) is 7.20. The van der Waals surface area contributed by atoms with Crippen LogP contribution in [0.3, 0.4) is 0 Å². The average molecular weight is 343 g/mol. The van der Waals surface area contributed by atoms with Crippen LogP contribution in [0.2, 0.25) is 0 Å². The number of nitriles is 1. The second kappa shape index (κ2) is 7.73. The molecule has 0 fully saturated rings. The lowest BCUT2D eigenvalue weighted by atomic mass is 10.1. The Morgan fingerprint density at radius 3 is 2.33 bits per heavy atom. The highest BCUT2D eigenvalue weighted by Crippen LogP contribution is 2.14. The van der Waals surface area contributed by atoms with E-state index in [1.54, 1.807) is 42.5 Å². The lowest BCUT2D eigenvalue weighted by molar-refractivity contribution is -0.116. The molecule has 0 heterocycles. The Bertz CT molecular complexity index is 841. The van der Waals surface area contributed by atoms with Gasteiger partial charge in [-0.1, -0.05) is 30.3 Å². The van der Waals surface area contributed by atoms with E-state index in [-0.39, 0.29) is 11.4 Å². The van der Waals surface area contributed by atoms with Crippen LogP contribution in [-0.4, -0.2) is 32.2 Å². The van der Waals surface area contributed by atoms with Crippen molar-refractivity contribution < 1.29 is 13.2 Å². The Balaban J connectivity index is 2.00. The van der Waals surface area contributed by atoms with Gasteiger partial charge in [0.25, 0.3) is 0 Å². The van der Waals surface area contributed by atoms with E-state index in [0.717, 1.165) is 9.87 Å². The summed E-state index contributed by atoms with van der Waals surface area (Å²) in [4.78, 5) is 12.2. The van der Waals surface area contributed by atoms with Crippen molar-refractivity contribution in [1.82, 2.24) is 4.31 Å². The van der Waals surface area contributed by atoms with Crippen LogP contribution in [0.1, 0.15) is 5.56 Å². The molecule has 6 nitrogen and oxygen atoms in total. The summed E-state index contributed by atoms with van der Waals surface area (Å²) in [7, 11) is -2.34. The second-order valence-electron chi connectivity index (χ2n) is 5.15. The summed E-state index contributed by atoms with van der Waals surface area (Å²) in [5, 5.41) is 11.3. The molecule has 0 bridgehead atoms. The standard InChI is InChI=1S/C17H17N3O3S/c1-20(24(22,23)16-5-3-2-4-6-16)13-17(21)19-15-9-7-14(8-10-15)11-12-18/h2-10H,11,13H2,1H3,(H,19,21). The van der Waals surface area contributed by atoms with E-state index >= 15 is 0 Å². The minimum Gasteiger partial charge on any atom is -0.325 e. The number of nitrogens with zero attached hydrogens (tertiary/aromatic N) is 2. The summed E-state index contributed by atoms with van der Waals surface area (Å²) in [6.45, 7) is -0.294. The van der Waals surface area contributed by atoms with E-state index in [4.69, 9.17) is 5.26 Å². The van der Waals surface area contributed by atoms with Gasteiger partial charge in [0.05, 0.1) is 23.9 Å². The molecule has 0 aromatic heterocycles. The van der Waals surface area contributed by atoms with Crippen molar-refractivity contribution in [2.24, 2.45) is 0 Å². The summed E-state index contributed by atoms with van der Waals surface area (Å²) >= 11 is 0. The lowest BCUT2D eigenvalue weighted by Crippen LogP contribution is -2.34. The van der Waals surface area contributed by atoms with E-state index in [2.05, 4.69) is 5.32 Å². The molecule has 1 amide bonds. The fourth-order valence-corrected chi connectivity index (χ4v) is 3.21. The second-order valence-corrected chi connectivity index (χ2v) is 7.20. The van der Waals surface area contributed by atoms with Gasteiger partial charge >= 0.3 is 0 Å². The molecule has 0 aliphatic carbocycles. The number of amides is 1. The zero-order chi connectivity index (χ0) is 17.6. The normalized spacial score (nSPS) is 11.0. The quantitative estimate of drug-likeness (QED) is 0.869. The Morgan fingerprint density at radius 2 is 1.75 bits per heavy atom. The van der Waals surface area contributed by atoms with E-state index in [1.807, 2.05) is 6.07 Å². The summed E-state index contributed by atoms with van der Waals surface area (Å²) in [6.07, 6.45) is 0.298. The minimum atomic E-state index is -3.70. The monoisotopic (exact) mass is 343 g/mol. The van der Waals surface area contributed by atoms with Gasteiger partial charge in [-0.15, -0.1) is 0 Å². The van der Waals surface area contributed by atoms with Gasteiger partial charge < -0.3 is 5.32 Å². The molecule has 0 saturated heterocycles. The van der Waals surface area contributed by atoms with E-state index in [9.17, 15) is 13.2 Å². The molecule has 2 rings (SSSR count). The van der Waals surface area contributed by atoms with Crippen LogP contribution in [0.25, 0.3) is 0 Å². The number of nitrogens with one attached hydrogen (secondary N) is 1.